The second-order valence-corrected chi connectivity index (χ2v) is 5.23. The van der Waals surface area contributed by atoms with Crippen LogP contribution in [0, 0.1) is 0 Å². The van der Waals surface area contributed by atoms with E-state index >= 15 is 0 Å². The number of halogens is 3. The zero-order valence-corrected chi connectivity index (χ0v) is 12.6. The molecule has 9 nitrogen and oxygen atoms in total. The number of aliphatic hydroxyl groups is 3. The van der Waals surface area contributed by atoms with Gasteiger partial charge < -0.3 is 25.4 Å². The normalized spacial score (nSPS) is 27.5. The number of rotatable bonds is 5. The van der Waals surface area contributed by atoms with Gasteiger partial charge in [0.2, 0.25) is 5.69 Å². The summed E-state index contributed by atoms with van der Waals surface area (Å²) in [5, 5.41) is 37.6. The standard InChI is InChI=1S/C12H17F3N4O5/c1-2-24-11(23)7-10(12(13,14)15)17-18-19(7)3-5-8(21)9(22)6(4-20)16-5/h5-6,8-9,16,20-22H,2-4H2,1H3/t5-,6-,8-,9-/m1/s1. The maximum atomic E-state index is 13.0. The highest BCUT2D eigenvalue weighted by Gasteiger charge is 2.44. The van der Waals surface area contributed by atoms with E-state index < -0.39 is 54.4 Å². The van der Waals surface area contributed by atoms with Gasteiger partial charge >= 0.3 is 12.1 Å². The quantitative estimate of drug-likeness (QED) is 0.472. The minimum Gasteiger partial charge on any atom is -0.461 e. The smallest absolute Gasteiger partial charge is 0.437 e. The molecule has 0 amide bonds. The Labute approximate surface area is 134 Å². The third kappa shape index (κ3) is 3.50. The second kappa shape index (κ2) is 7.01. The van der Waals surface area contributed by atoms with E-state index in [4.69, 9.17) is 5.11 Å². The van der Waals surface area contributed by atoms with Crippen LogP contribution in [-0.4, -0.2) is 73.8 Å². The van der Waals surface area contributed by atoms with Crippen molar-refractivity contribution in [1.29, 1.82) is 0 Å². The second-order valence-electron chi connectivity index (χ2n) is 5.23. The Morgan fingerprint density at radius 3 is 2.46 bits per heavy atom. The molecule has 4 N–H and O–H groups in total. The largest absolute Gasteiger partial charge is 0.461 e. The van der Waals surface area contributed by atoms with Gasteiger partial charge in [-0.1, -0.05) is 5.21 Å². The summed E-state index contributed by atoms with van der Waals surface area (Å²) in [5.41, 5.74) is -2.38. The number of hydrogen-bond donors (Lipinski definition) is 4. The van der Waals surface area contributed by atoms with Crippen LogP contribution in [0.4, 0.5) is 13.2 Å². The number of aromatic nitrogens is 3. The van der Waals surface area contributed by atoms with E-state index in [-0.39, 0.29) is 13.2 Å². The summed E-state index contributed by atoms with van der Waals surface area (Å²) >= 11 is 0. The van der Waals surface area contributed by atoms with Crippen LogP contribution in [0.25, 0.3) is 0 Å². The molecule has 0 saturated carbocycles. The van der Waals surface area contributed by atoms with Crippen molar-refractivity contribution in [3.05, 3.63) is 11.4 Å². The van der Waals surface area contributed by atoms with E-state index in [1.54, 1.807) is 0 Å². The predicted molar refractivity (Wildman–Crippen MR) is 70.8 cm³/mol. The summed E-state index contributed by atoms with van der Waals surface area (Å²) in [7, 11) is 0. The molecule has 4 atom stereocenters. The van der Waals surface area contributed by atoms with Gasteiger partial charge in [-0.25, -0.2) is 9.48 Å². The van der Waals surface area contributed by atoms with E-state index in [1.807, 2.05) is 0 Å². The molecule has 24 heavy (non-hydrogen) atoms. The topological polar surface area (TPSA) is 130 Å². The number of nitrogens with one attached hydrogen (secondary N) is 1. The van der Waals surface area contributed by atoms with Gasteiger partial charge in [-0.2, -0.15) is 13.2 Å². The van der Waals surface area contributed by atoms with Gasteiger partial charge in [0, 0.05) is 0 Å². The minimum absolute atomic E-state index is 0.142. The minimum atomic E-state index is -4.91. The Kier molecular flexibility index (Phi) is 5.42. The Morgan fingerprint density at radius 2 is 1.96 bits per heavy atom. The number of ether oxygens (including phenoxy) is 1. The first-order valence-corrected chi connectivity index (χ1v) is 7.11. The molecule has 1 saturated heterocycles. The van der Waals surface area contributed by atoms with Crippen LogP contribution in [0.1, 0.15) is 23.1 Å². The highest BCUT2D eigenvalue weighted by atomic mass is 19.4. The van der Waals surface area contributed by atoms with E-state index in [9.17, 15) is 28.2 Å². The molecule has 1 aliphatic heterocycles. The Balaban J connectivity index is 2.31. The number of alkyl halides is 3. The molecular weight excluding hydrogens is 337 g/mol. The molecule has 2 rings (SSSR count). The van der Waals surface area contributed by atoms with Gasteiger partial charge in [0.1, 0.15) is 0 Å². The lowest BCUT2D eigenvalue weighted by atomic mass is 10.1. The van der Waals surface area contributed by atoms with E-state index in [0.29, 0.717) is 4.68 Å². The molecule has 2 heterocycles. The monoisotopic (exact) mass is 354 g/mol. The van der Waals surface area contributed by atoms with Gasteiger partial charge in [0.05, 0.1) is 44.1 Å². The third-order valence-electron chi connectivity index (χ3n) is 3.64. The van der Waals surface area contributed by atoms with Crippen molar-refractivity contribution in [2.75, 3.05) is 13.2 Å². The fourth-order valence-corrected chi connectivity index (χ4v) is 2.49. The number of aliphatic hydroxyl groups excluding tert-OH is 3. The first-order chi connectivity index (χ1) is 11.2. The number of nitrogens with zero attached hydrogens (tertiary/aromatic N) is 3. The fraction of sp³-hybridized carbons (Fsp3) is 0.750. The van der Waals surface area contributed by atoms with E-state index in [1.165, 1.54) is 6.92 Å². The molecule has 1 fully saturated rings. The highest BCUT2D eigenvalue weighted by molar-refractivity contribution is 5.88. The van der Waals surface area contributed by atoms with Crippen LogP contribution >= 0.6 is 0 Å². The molecule has 12 heteroatoms. The molecule has 0 spiro atoms. The molecule has 1 aliphatic rings. The molecule has 136 valence electrons. The summed E-state index contributed by atoms with van der Waals surface area (Å²) in [4.78, 5) is 11.8. The lowest BCUT2D eigenvalue weighted by molar-refractivity contribution is -0.141. The molecule has 0 bridgehead atoms. The molecular formula is C12H17F3N4O5. The average molecular weight is 354 g/mol. The van der Waals surface area contributed by atoms with Crippen molar-refractivity contribution >= 4 is 5.97 Å². The van der Waals surface area contributed by atoms with E-state index in [0.717, 1.165) is 0 Å². The molecule has 0 aromatic carbocycles. The van der Waals surface area contributed by atoms with Crippen LogP contribution in [0.3, 0.4) is 0 Å². The zero-order chi connectivity index (χ0) is 18.1. The van der Waals surface area contributed by atoms with E-state index in [2.05, 4.69) is 20.4 Å². The van der Waals surface area contributed by atoms with Crippen molar-refractivity contribution in [3.63, 3.8) is 0 Å². The summed E-state index contributed by atoms with van der Waals surface area (Å²) in [5.74, 6) is -1.25. The summed E-state index contributed by atoms with van der Waals surface area (Å²) < 4.78 is 44.2. The number of hydrogen-bond acceptors (Lipinski definition) is 8. The van der Waals surface area contributed by atoms with Crippen molar-refractivity contribution in [2.45, 2.75) is 43.9 Å². The lowest BCUT2D eigenvalue weighted by Crippen LogP contribution is -2.39. The van der Waals surface area contributed by atoms with Crippen LogP contribution in [0.5, 0.6) is 0 Å². The van der Waals surface area contributed by atoms with Crippen molar-refractivity contribution < 1.29 is 38.0 Å². The van der Waals surface area contributed by atoms with Crippen molar-refractivity contribution in [3.8, 4) is 0 Å². The molecule has 0 unspecified atom stereocenters. The Bertz CT molecular complexity index is 594. The van der Waals surface area contributed by atoms with Crippen LogP contribution in [0.15, 0.2) is 0 Å². The third-order valence-corrected chi connectivity index (χ3v) is 3.64. The van der Waals surface area contributed by atoms with Gasteiger partial charge in [-0.3, -0.25) is 0 Å². The number of carbonyl (C=O) groups is 1. The molecule has 0 radical (unpaired) electrons. The maximum Gasteiger partial charge on any atom is 0.437 e. The lowest BCUT2D eigenvalue weighted by Gasteiger charge is -2.16. The Hall–Kier alpha value is -1.76. The molecule has 1 aromatic heterocycles. The van der Waals surface area contributed by atoms with Crippen molar-refractivity contribution in [2.24, 2.45) is 0 Å². The van der Waals surface area contributed by atoms with Crippen LogP contribution < -0.4 is 5.32 Å². The summed E-state index contributed by atoms with van der Waals surface area (Å²) in [6, 6.07) is -1.78. The molecule has 1 aromatic rings. The van der Waals surface area contributed by atoms with Gasteiger partial charge in [0.15, 0.2) is 5.69 Å². The van der Waals surface area contributed by atoms with Gasteiger partial charge in [0.25, 0.3) is 0 Å². The summed E-state index contributed by atoms with van der Waals surface area (Å²) in [6.45, 7) is 0.428. The van der Waals surface area contributed by atoms with Gasteiger partial charge in [-0.15, -0.1) is 5.10 Å². The zero-order valence-electron chi connectivity index (χ0n) is 12.6. The number of esters is 1. The maximum absolute atomic E-state index is 13.0. The molecule has 0 aliphatic carbocycles. The summed E-state index contributed by atoms with van der Waals surface area (Å²) in [6.07, 6.45) is -7.58. The van der Waals surface area contributed by atoms with Crippen LogP contribution in [0.2, 0.25) is 0 Å². The van der Waals surface area contributed by atoms with Crippen molar-refractivity contribution in [1.82, 2.24) is 20.3 Å². The van der Waals surface area contributed by atoms with Gasteiger partial charge in [-0.05, 0) is 6.92 Å². The van der Waals surface area contributed by atoms with Crippen LogP contribution in [-0.2, 0) is 17.5 Å². The Morgan fingerprint density at radius 1 is 1.33 bits per heavy atom. The fourth-order valence-electron chi connectivity index (χ4n) is 2.49. The number of carbonyl (C=O) groups excluding carboxylic acids is 1. The first-order valence-electron chi connectivity index (χ1n) is 7.11. The first kappa shape index (κ1) is 18.6. The highest BCUT2D eigenvalue weighted by Crippen LogP contribution is 2.31. The predicted octanol–water partition coefficient (Wildman–Crippen LogP) is -1.47. The average Bonchev–Trinajstić information content (AvgIpc) is 3.04. The SMILES string of the molecule is CCOC(=O)c1c(C(F)(F)F)nnn1C[C@H]1N[C@H](CO)[C@@H](O)[C@@H]1O.